The van der Waals surface area contributed by atoms with E-state index >= 15 is 0 Å². The minimum Gasteiger partial charge on any atom is -0.467 e. The van der Waals surface area contributed by atoms with Gasteiger partial charge in [-0.3, -0.25) is 9.00 Å². The van der Waals surface area contributed by atoms with Crippen LogP contribution in [0.5, 0.6) is 0 Å². The first kappa shape index (κ1) is 15.6. The van der Waals surface area contributed by atoms with Crippen LogP contribution in [0.25, 0.3) is 0 Å². The predicted octanol–water partition coefficient (Wildman–Crippen LogP) is 0.503. The van der Waals surface area contributed by atoms with Gasteiger partial charge in [-0.1, -0.05) is 13.2 Å². The molecule has 0 spiro atoms. The topological polar surface area (TPSA) is 72.5 Å². The van der Waals surface area contributed by atoms with Crippen molar-refractivity contribution >= 4 is 22.7 Å². The number of rotatable bonds is 6. The summed E-state index contributed by atoms with van der Waals surface area (Å²) >= 11 is 0. The zero-order valence-corrected chi connectivity index (χ0v) is 11.1. The lowest BCUT2D eigenvalue weighted by Gasteiger charge is -2.15. The minimum absolute atomic E-state index is 0.0715. The molecule has 0 heterocycles. The van der Waals surface area contributed by atoms with E-state index in [2.05, 4.69) is 23.2 Å². The van der Waals surface area contributed by atoms with Gasteiger partial charge in [0.15, 0.2) is 0 Å². The molecule has 0 unspecified atom stereocenters. The van der Waals surface area contributed by atoms with Gasteiger partial charge < -0.3 is 10.1 Å². The fraction of sp³-hybridized carbons (Fsp3) is 0.455. The van der Waals surface area contributed by atoms with Gasteiger partial charge in [0, 0.05) is 11.8 Å². The molecule has 96 valence electrons. The van der Waals surface area contributed by atoms with Crippen molar-refractivity contribution in [3.8, 4) is 0 Å². The Morgan fingerprint density at radius 1 is 1.35 bits per heavy atom. The Morgan fingerprint density at radius 3 is 2.24 bits per heavy atom. The van der Waals surface area contributed by atoms with Gasteiger partial charge >= 0.3 is 5.97 Å². The fourth-order valence-electron chi connectivity index (χ4n) is 1.00. The molecule has 1 N–H and O–H groups in total. The molecule has 0 aliphatic rings. The smallest absolute Gasteiger partial charge is 0.329 e. The molecule has 0 aromatic rings. The minimum atomic E-state index is -1.47. The van der Waals surface area contributed by atoms with Crippen molar-refractivity contribution in [1.82, 2.24) is 5.32 Å². The van der Waals surface area contributed by atoms with E-state index in [1.165, 1.54) is 14.0 Å². The SMILES string of the molecule is C=C(C)C(=C)[S@@](=O)C[C@H](NC(C)=O)C(=O)OC. The highest BCUT2D eigenvalue weighted by atomic mass is 32.2. The maximum atomic E-state index is 11.8. The molecule has 0 aliphatic carbocycles. The summed E-state index contributed by atoms with van der Waals surface area (Å²) in [6.45, 7) is 10.2. The summed E-state index contributed by atoms with van der Waals surface area (Å²) in [5, 5.41) is 2.38. The molecule has 0 saturated carbocycles. The maximum absolute atomic E-state index is 11.8. The molecule has 0 aromatic heterocycles. The molecular weight excluding hydrogens is 242 g/mol. The zero-order valence-electron chi connectivity index (χ0n) is 10.2. The number of ether oxygens (including phenoxy) is 1. The van der Waals surface area contributed by atoms with E-state index in [0.29, 0.717) is 10.5 Å². The highest BCUT2D eigenvalue weighted by Gasteiger charge is 2.23. The van der Waals surface area contributed by atoms with Crippen LogP contribution in [-0.4, -0.2) is 35.0 Å². The second-order valence-electron chi connectivity index (χ2n) is 3.49. The fourth-order valence-corrected chi connectivity index (χ4v) is 2.11. The number of carbonyl (C=O) groups is 2. The zero-order chi connectivity index (χ0) is 13.6. The van der Waals surface area contributed by atoms with E-state index in [9.17, 15) is 13.8 Å². The molecule has 5 nitrogen and oxygen atoms in total. The van der Waals surface area contributed by atoms with Gasteiger partial charge in [0.05, 0.1) is 23.7 Å². The molecule has 0 aromatic carbocycles. The number of hydrogen-bond acceptors (Lipinski definition) is 4. The van der Waals surface area contributed by atoms with Gasteiger partial charge in [0.2, 0.25) is 5.91 Å². The summed E-state index contributed by atoms with van der Waals surface area (Å²) in [4.78, 5) is 22.6. The Labute approximate surface area is 103 Å². The quantitative estimate of drug-likeness (QED) is 0.557. The molecule has 0 rings (SSSR count). The number of nitrogens with one attached hydrogen (secondary N) is 1. The van der Waals surface area contributed by atoms with Crippen molar-refractivity contribution in [1.29, 1.82) is 0 Å². The first-order chi connectivity index (χ1) is 7.79. The molecule has 0 fully saturated rings. The normalized spacial score (nSPS) is 13.4. The third-order valence-electron chi connectivity index (χ3n) is 1.93. The van der Waals surface area contributed by atoms with Gasteiger partial charge in [0.1, 0.15) is 6.04 Å². The standard InChI is InChI=1S/C11H17NO4S/c1-7(2)8(3)17(15)6-10(11(14)16-5)12-9(4)13/h10H,1,3,6H2,2,4-5H3,(H,12,13)/t10-,17-/m0/s1. The highest BCUT2D eigenvalue weighted by molar-refractivity contribution is 7.89. The summed E-state index contributed by atoms with van der Waals surface area (Å²) in [6.07, 6.45) is 0. The Kier molecular flexibility index (Phi) is 6.42. The van der Waals surface area contributed by atoms with Crippen LogP contribution in [0, 0.1) is 0 Å². The van der Waals surface area contributed by atoms with E-state index in [0.717, 1.165) is 0 Å². The second kappa shape index (κ2) is 7.01. The summed E-state index contributed by atoms with van der Waals surface area (Å²) in [5.41, 5.74) is 0.578. The molecule has 6 heteroatoms. The molecule has 0 bridgehead atoms. The molecule has 0 aliphatic heterocycles. The van der Waals surface area contributed by atoms with E-state index in [-0.39, 0.29) is 5.75 Å². The van der Waals surface area contributed by atoms with Gasteiger partial charge in [0.25, 0.3) is 0 Å². The first-order valence-electron chi connectivity index (χ1n) is 4.87. The summed E-state index contributed by atoms with van der Waals surface area (Å²) in [5.74, 6) is -1.10. The number of esters is 1. The lowest BCUT2D eigenvalue weighted by atomic mass is 10.3. The van der Waals surface area contributed by atoms with E-state index < -0.39 is 28.7 Å². The van der Waals surface area contributed by atoms with Crippen LogP contribution >= 0.6 is 0 Å². The lowest BCUT2D eigenvalue weighted by Crippen LogP contribution is -2.44. The third kappa shape index (κ3) is 5.44. The largest absolute Gasteiger partial charge is 0.467 e. The van der Waals surface area contributed by atoms with Crippen molar-refractivity contribution in [3.05, 3.63) is 23.6 Å². The lowest BCUT2D eigenvalue weighted by molar-refractivity contribution is -0.144. The van der Waals surface area contributed by atoms with Crippen LogP contribution in [0.1, 0.15) is 13.8 Å². The molecule has 0 saturated heterocycles. The molecule has 0 radical (unpaired) electrons. The Morgan fingerprint density at radius 2 is 1.88 bits per heavy atom. The van der Waals surface area contributed by atoms with E-state index in [4.69, 9.17) is 0 Å². The van der Waals surface area contributed by atoms with Crippen molar-refractivity contribution in [3.63, 3.8) is 0 Å². The van der Waals surface area contributed by atoms with Gasteiger partial charge in [-0.05, 0) is 12.5 Å². The maximum Gasteiger partial charge on any atom is 0.329 e. The van der Waals surface area contributed by atoms with Crippen molar-refractivity contribution in [2.75, 3.05) is 12.9 Å². The van der Waals surface area contributed by atoms with Crippen LogP contribution in [0.4, 0.5) is 0 Å². The number of methoxy groups -OCH3 is 1. The van der Waals surface area contributed by atoms with Crippen LogP contribution in [0.3, 0.4) is 0 Å². The van der Waals surface area contributed by atoms with Crippen LogP contribution in [-0.2, 0) is 25.1 Å². The third-order valence-corrected chi connectivity index (χ3v) is 3.47. The number of amides is 1. The second-order valence-corrected chi connectivity index (χ2v) is 5.01. The average Bonchev–Trinajstić information content (AvgIpc) is 2.24. The Bertz CT molecular complexity index is 376. The number of hydrogen-bond donors (Lipinski definition) is 1. The molecule has 1 amide bonds. The van der Waals surface area contributed by atoms with Gasteiger partial charge in [-0.2, -0.15) is 0 Å². The average molecular weight is 259 g/mol. The Balaban J connectivity index is 4.69. The van der Waals surface area contributed by atoms with E-state index in [1.54, 1.807) is 6.92 Å². The number of carbonyl (C=O) groups excluding carboxylic acids is 2. The van der Waals surface area contributed by atoms with Crippen LogP contribution in [0.15, 0.2) is 23.6 Å². The first-order valence-corrected chi connectivity index (χ1v) is 6.19. The van der Waals surface area contributed by atoms with E-state index in [1.807, 2.05) is 0 Å². The monoisotopic (exact) mass is 259 g/mol. The van der Waals surface area contributed by atoms with Crippen molar-refractivity contribution in [2.45, 2.75) is 19.9 Å². The predicted molar refractivity (Wildman–Crippen MR) is 66.6 cm³/mol. The number of allylic oxidation sites excluding steroid dienone is 1. The van der Waals surface area contributed by atoms with Crippen LogP contribution in [0.2, 0.25) is 0 Å². The van der Waals surface area contributed by atoms with Crippen molar-refractivity contribution < 1.29 is 18.5 Å². The van der Waals surface area contributed by atoms with Gasteiger partial charge in [-0.25, -0.2) is 4.79 Å². The molecule has 17 heavy (non-hydrogen) atoms. The molecular formula is C11H17NO4S. The van der Waals surface area contributed by atoms with Gasteiger partial charge in [-0.15, -0.1) is 0 Å². The Hall–Kier alpha value is -1.43. The van der Waals surface area contributed by atoms with Crippen molar-refractivity contribution in [2.24, 2.45) is 0 Å². The molecule has 2 atom stereocenters. The summed E-state index contributed by atoms with van der Waals surface area (Å²) in [6, 6.07) is -0.936. The van der Waals surface area contributed by atoms with Crippen LogP contribution < -0.4 is 5.32 Å². The summed E-state index contributed by atoms with van der Waals surface area (Å²) < 4.78 is 16.3. The highest BCUT2D eigenvalue weighted by Crippen LogP contribution is 2.10. The summed E-state index contributed by atoms with van der Waals surface area (Å²) in [7, 11) is -0.271.